The molecule has 0 saturated carbocycles. The first kappa shape index (κ1) is 18.2. The summed E-state index contributed by atoms with van der Waals surface area (Å²) in [6, 6.07) is 17.1. The number of fused-ring (bicyclic) bond motifs is 1. The van der Waals surface area contributed by atoms with Crippen LogP contribution in [0.5, 0.6) is 0 Å². The van der Waals surface area contributed by atoms with Gasteiger partial charge in [-0.3, -0.25) is 4.98 Å². The van der Waals surface area contributed by atoms with E-state index in [1.54, 1.807) is 12.1 Å². The highest BCUT2D eigenvalue weighted by atomic mass is 19.1. The molecule has 0 amide bonds. The number of aromatic nitrogens is 2. The van der Waals surface area contributed by atoms with Crippen LogP contribution in [0.1, 0.15) is 28.1 Å². The number of rotatable bonds is 5. The van der Waals surface area contributed by atoms with Crippen molar-refractivity contribution in [3.63, 3.8) is 0 Å². The third-order valence-electron chi connectivity index (χ3n) is 5.35. The number of anilines is 1. The largest absolute Gasteiger partial charge is 0.379 e. The fourth-order valence-corrected chi connectivity index (χ4v) is 3.74. The van der Waals surface area contributed by atoms with Gasteiger partial charge in [0.15, 0.2) is 0 Å². The molecule has 142 valence electrons. The Hall–Kier alpha value is -3.14. The van der Waals surface area contributed by atoms with Crippen LogP contribution in [0.25, 0.3) is 10.9 Å². The summed E-state index contributed by atoms with van der Waals surface area (Å²) in [5, 5.41) is 4.60. The molecule has 2 aromatic carbocycles. The zero-order valence-corrected chi connectivity index (χ0v) is 16.5. The predicted octanol–water partition coefficient (Wildman–Crippen LogP) is 5.76. The molecule has 0 bridgehead atoms. The van der Waals surface area contributed by atoms with E-state index in [-0.39, 0.29) is 5.82 Å². The quantitative estimate of drug-likeness (QED) is 0.482. The topological polar surface area (TPSA) is 29.9 Å². The molecule has 0 aliphatic rings. The van der Waals surface area contributed by atoms with E-state index in [0.717, 1.165) is 23.4 Å². The summed E-state index contributed by atoms with van der Waals surface area (Å²) in [6.07, 6.45) is 1.87. The molecule has 4 rings (SSSR count). The van der Waals surface area contributed by atoms with Crippen LogP contribution in [-0.4, -0.2) is 9.55 Å². The molecule has 0 saturated heterocycles. The minimum Gasteiger partial charge on any atom is -0.379 e. The Kier molecular flexibility index (Phi) is 4.86. The van der Waals surface area contributed by atoms with Crippen LogP contribution in [0.4, 0.5) is 10.1 Å². The fraction of sp³-hybridized carbons (Fsp3) is 0.208. The van der Waals surface area contributed by atoms with E-state index in [2.05, 4.69) is 66.0 Å². The van der Waals surface area contributed by atoms with Gasteiger partial charge < -0.3 is 9.88 Å². The summed E-state index contributed by atoms with van der Waals surface area (Å²) in [6.45, 7) is 7.85. The van der Waals surface area contributed by atoms with Crippen LogP contribution in [0, 0.1) is 26.6 Å². The van der Waals surface area contributed by atoms with Gasteiger partial charge in [0, 0.05) is 29.5 Å². The zero-order valence-electron chi connectivity index (χ0n) is 16.5. The van der Waals surface area contributed by atoms with Crippen molar-refractivity contribution in [2.75, 3.05) is 5.32 Å². The molecular formula is C24H24FN3. The van der Waals surface area contributed by atoms with Crippen LogP contribution in [0.15, 0.2) is 60.8 Å². The van der Waals surface area contributed by atoms with Crippen molar-refractivity contribution < 1.29 is 4.39 Å². The van der Waals surface area contributed by atoms with E-state index in [9.17, 15) is 4.39 Å². The molecule has 4 heteroatoms. The second kappa shape index (κ2) is 7.47. The fourth-order valence-electron chi connectivity index (χ4n) is 3.74. The summed E-state index contributed by atoms with van der Waals surface area (Å²) >= 11 is 0. The number of pyridine rings is 1. The molecule has 0 atom stereocenters. The lowest BCUT2D eigenvalue weighted by atomic mass is 10.1. The van der Waals surface area contributed by atoms with Crippen molar-refractivity contribution in [2.24, 2.45) is 0 Å². The van der Waals surface area contributed by atoms with Crippen molar-refractivity contribution in [1.29, 1.82) is 0 Å². The standard InChI is InChI=1S/C24H24FN3/c1-16-5-4-6-19(13-16)15-28-18(3)17(2)22-11-12-26-23(24(22)28)14-27-21-9-7-20(25)8-10-21/h4-13,27H,14-15H2,1-3H3. The van der Waals surface area contributed by atoms with Gasteiger partial charge in [0.1, 0.15) is 5.82 Å². The number of benzene rings is 2. The van der Waals surface area contributed by atoms with Crippen molar-refractivity contribution >= 4 is 16.6 Å². The Morgan fingerprint density at radius 1 is 1.00 bits per heavy atom. The summed E-state index contributed by atoms with van der Waals surface area (Å²) in [5.41, 5.74) is 8.12. The molecule has 0 unspecified atom stereocenters. The van der Waals surface area contributed by atoms with Crippen LogP contribution >= 0.6 is 0 Å². The van der Waals surface area contributed by atoms with Crippen molar-refractivity contribution in [3.05, 3.63) is 94.7 Å². The van der Waals surface area contributed by atoms with Crippen LogP contribution in [0.3, 0.4) is 0 Å². The Morgan fingerprint density at radius 2 is 1.79 bits per heavy atom. The third kappa shape index (κ3) is 3.50. The molecule has 2 aromatic heterocycles. The molecule has 28 heavy (non-hydrogen) atoms. The van der Waals surface area contributed by atoms with Gasteiger partial charge >= 0.3 is 0 Å². The van der Waals surface area contributed by atoms with Gasteiger partial charge in [-0.05, 0) is 62.2 Å². The first-order chi connectivity index (χ1) is 13.5. The second-order valence-electron chi connectivity index (χ2n) is 7.30. The maximum Gasteiger partial charge on any atom is 0.123 e. The van der Waals surface area contributed by atoms with Gasteiger partial charge in [-0.15, -0.1) is 0 Å². The van der Waals surface area contributed by atoms with Crippen molar-refractivity contribution in [1.82, 2.24) is 9.55 Å². The highest BCUT2D eigenvalue weighted by molar-refractivity contribution is 5.87. The normalized spacial score (nSPS) is 11.1. The Morgan fingerprint density at radius 3 is 2.54 bits per heavy atom. The lowest BCUT2D eigenvalue weighted by molar-refractivity contribution is 0.628. The molecule has 1 N–H and O–H groups in total. The molecular weight excluding hydrogens is 349 g/mol. The molecule has 0 aliphatic carbocycles. The average Bonchev–Trinajstić information content (AvgIpc) is 2.93. The maximum absolute atomic E-state index is 13.2. The maximum atomic E-state index is 13.2. The predicted molar refractivity (Wildman–Crippen MR) is 113 cm³/mol. The number of nitrogens with zero attached hydrogens (tertiary/aromatic N) is 2. The average molecular weight is 373 g/mol. The molecule has 3 nitrogen and oxygen atoms in total. The van der Waals surface area contributed by atoms with Gasteiger partial charge in [0.05, 0.1) is 17.8 Å². The zero-order chi connectivity index (χ0) is 19.7. The van der Waals surface area contributed by atoms with E-state index in [1.807, 2.05) is 6.20 Å². The van der Waals surface area contributed by atoms with Gasteiger partial charge in [0.25, 0.3) is 0 Å². The Labute approximate surface area is 164 Å². The summed E-state index contributed by atoms with van der Waals surface area (Å²) in [7, 11) is 0. The number of halogens is 1. The van der Waals surface area contributed by atoms with E-state index in [1.165, 1.54) is 39.9 Å². The van der Waals surface area contributed by atoms with Gasteiger partial charge in [0.2, 0.25) is 0 Å². The number of hydrogen-bond acceptors (Lipinski definition) is 2. The highest BCUT2D eigenvalue weighted by Gasteiger charge is 2.15. The lowest BCUT2D eigenvalue weighted by Gasteiger charge is -2.13. The minimum absolute atomic E-state index is 0.232. The summed E-state index contributed by atoms with van der Waals surface area (Å²) in [4.78, 5) is 4.66. The number of hydrogen-bond donors (Lipinski definition) is 1. The van der Waals surface area contributed by atoms with Crippen molar-refractivity contribution in [2.45, 2.75) is 33.9 Å². The minimum atomic E-state index is -0.232. The number of aryl methyl sites for hydroxylation is 2. The first-order valence-electron chi connectivity index (χ1n) is 9.51. The van der Waals surface area contributed by atoms with Crippen LogP contribution < -0.4 is 5.32 Å². The molecule has 0 radical (unpaired) electrons. The summed E-state index contributed by atoms with van der Waals surface area (Å²) in [5.74, 6) is -0.232. The summed E-state index contributed by atoms with van der Waals surface area (Å²) < 4.78 is 15.5. The smallest absolute Gasteiger partial charge is 0.123 e. The van der Waals surface area contributed by atoms with E-state index in [0.29, 0.717) is 6.54 Å². The van der Waals surface area contributed by atoms with E-state index >= 15 is 0 Å². The van der Waals surface area contributed by atoms with E-state index in [4.69, 9.17) is 0 Å². The molecule has 4 aromatic rings. The number of nitrogens with one attached hydrogen (secondary N) is 1. The van der Waals surface area contributed by atoms with Gasteiger partial charge in [-0.2, -0.15) is 0 Å². The first-order valence-corrected chi connectivity index (χ1v) is 9.51. The Bertz CT molecular complexity index is 1130. The Balaban J connectivity index is 1.72. The van der Waals surface area contributed by atoms with Gasteiger partial charge in [-0.1, -0.05) is 29.8 Å². The molecule has 0 fully saturated rings. The molecule has 0 aliphatic heterocycles. The van der Waals surface area contributed by atoms with Crippen molar-refractivity contribution in [3.8, 4) is 0 Å². The lowest BCUT2D eigenvalue weighted by Crippen LogP contribution is -2.07. The van der Waals surface area contributed by atoms with Gasteiger partial charge in [-0.25, -0.2) is 4.39 Å². The third-order valence-corrected chi connectivity index (χ3v) is 5.35. The SMILES string of the molecule is Cc1cccc(Cn2c(C)c(C)c3ccnc(CNc4ccc(F)cc4)c32)c1. The highest BCUT2D eigenvalue weighted by Crippen LogP contribution is 2.28. The van der Waals surface area contributed by atoms with Crippen LogP contribution in [0.2, 0.25) is 0 Å². The monoisotopic (exact) mass is 373 g/mol. The molecule has 2 heterocycles. The second-order valence-corrected chi connectivity index (χ2v) is 7.30. The molecule has 0 spiro atoms. The van der Waals surface area contributed by atoms with E-state index < -0.39 is 0 Å². The van der Waals surface area contributed by atoms with Crippen LogP contribution in [-0.2, 0) is 13.1 Å².